The third-order valence-corrected chi connectivity index (χ3v) is 12.9. The Balaban J connectivity index is 1.16. The maximum absolute atomic E-state index is 12.8. The highest BCUT2D eigenvalue weighted by Gasteiger charge is 2.86. The van der Waals surface area contributed by atoms with E-state index in [1.807, 2.05) is 6.92 Å². The van der Waals surface area contributed by atoms with Gasteiger partial charge in [-0.1, -0.05) is 13.8 Å². The van der Waals surface area contributed by atoms with Crippen molar-refractivity contribution in [3.63, 3.8) is 0 Å². The normalized spacial score (nSPS) is 58.7. The Morgan fingerprint density at radius 3 is 2.56 bits per heavy atom. The van der Waals surface area contributed by atoms with Gasteiger partial charge in [0.25, 0.3) is 0 Å². The topological polar surface area (TPSA) is 140 Å². The van der Waals surface area contributed by atoms with Gasteiger partial charge in [-0.15, -0.1) is 0 Å². The summed E-state index contributed by atoms with van der Waals surface area (Å²) in [4.78, 5) is 11.7. The Kier molecular flexibility index (Phi) is 5.58. The van der Waals surface area contributed by atoms with E-state index in [0.717, 1.165) is 12.0 Å². The van der Waals surface area contributed by atoms with E-state index in [2.05, 4.69) is 13.8 Å². The lowest BCUT2D eigenvalue weighted by Gasteiger charge is -2.64. The van der Waals surface area contributed by atoms with E-state index >= 15 is 0 Å². The molecule has 4 saturated carbocycles. The molecule has 1 aromatic rings. The average Bonchev–Trinajstić information content (AvgIpc) is 3.57. The first-order valence-electron chi connectivity index (χ1n) is 15.3. The molecule has 4 aliphatic carbocycles. The van der Waals surface area contributed by atoms with Crippen LogP contribution in [-0.4, -0.2) is 82.3 Å². The molecule has 15 atom stereocenters. The Morgan fingerprint density at radius 1 is 1.02 bits per heavy atom. The van der Waals surface area contributed by atoms with Gasteiger partial charge >= 0.3 is 5.63 Å². The van der Waals surface area contributed by atoms with Crippen LogP contribution in [0.4, 0.5) is 0 Å². The molecule has 0 radical (unpaired) electrons. The van der Waals surface area contributed by atoms with Gasteiger partial charge in [0.1, 0.15) is 11.2 Å². The highest BCUT2D eigenvalue weighted by molar-refractivity contribution is 5.38. The summed E-state index contributed by atoms with van der Waals surface area (Å²) in [5, 5.41) is 36.0. The van der Waals surface area contributed by atoms with Crippen LogP contribution < -0.4 is 5.63 Å². The molecule has 226 valence electrons. The predicted molar refractivity (Wildman–Crippen MR) is 142 cm³/mol. The van der Waals surface area contributed by atoms with Crippen molar-refractivity contribution in [1.29, 1.82) is 0 Å². The van der Waals surface area contributed by atoms with E-state index in [0.29, 0.717) is 38.5 Å². The van der Waals surface area contributed by atoms with Crippen molar-refractivity contribution in [2.45, 2.75) is 132 Å². The summed E-state index contributed by atoms with van der Waals surface area (Å²) in [6, 6.07) is 3.22. The van der Waals surface area contributed by atoms with Crippen molar-refractivity contribution in [2.24, 2.45) is 22.7 Å². The first-order chi connectivity index (χ1) is 19.4. The highest BCUT2D eigenvalue weighted by atomic mass is 16.8. The molecule has 8 rings (SSSR count). The van der Waals surface area contributed by atoms with Crippen molar-refractivity contribution in [3.8, 4) is 0 Å². The number of methoxy groups -OCH3 is 1. The molecule has 3 aliphatic heterocycles. The van der Waals surface area contributed by atoms with E-state index in [4.69, 9.17) is 28.1 Å². The summed E-state index contributed by atoms with van der Waals surface area (Å²) >= 11 is 0. The third-order valence-electron chi connectivity index (χ3n) is 12.9. The second kappa shape index (κ2) is 8.41. The fourth-order valence-corrected chi connectivity index (χ4v) is 11.1. The summed E-state index contributed by atoms with van der Waals surface area (Å²) < 4.78 is 36.8. The molecule has 2 bridgehead atoms. The zero-order chi connectivity index (χ0) is 28.7. The van der Waals surface area contributed by atoms with Crippen LogP contribution in [0.25, 0.3) is 0 Å². The van der Waals surface area contributed by atoms with Crippen LogP contribution in [0.15, 0.2) is 27.6 Å². The lowest BCUT2D eigenvalue weighted by Crippen LogP contribution is -2.72. The van der Waals surface area contributed by atoms with Crippen molar-refractivity contribution in [1.82, 2.24) is 0 Å². The second-order valence-corrected chi connectivity index (χ2v) is 14.6. The summed E-state index contributed by atoms with van der Waals surface area (Å²) in [7, 11) is 1.56. The number of aliphatic hydroxyl groups is 3. The molecule has 10 nitrogen and oxygen atoms in total. The standard InChI is InChI=1S/C31H42O10/c1-15-11-29(36-4)25(34)26(38-15)39-20-9-17-10-22-31(41-22)24(27(17,2)13-21(20)40-29)19(32)12-28(3)18(7-8-30(28,31)35)16-5-6-23(33)37-14-16/h5-6,14-15,17-22,24-26,32,34-35H,7-13H2,1-4H3. The molecule has 7 fully saturated rings. The van der Waals surface area contributed by atoms with E-state index in [9.17, 15) is 20.1 Å². The zero-order valence-corrected chi connectivity index (χ0v) is 24.2. The van der Waals surface area contributed by atoms with Crippen LogP contribution in [0.5, 0.6) is 0 Å². The summed E-state index contributed by atoms with van der Waals surface area (Å²) in [6.45, 7) is 6.22. The predicted octanol–water partition coefficient (Wildman–Crippen LogP) is 2.22. The second-order valence-electron chi connectivity index (χ2n) is 14.6. The van der Waals surface area contributed by atoms with Gasteiger partial charge in [-0.05, 0) is 74.3 Å². The third kappa shape index (κ3) is 3.23. The summed E-state index contributed by atoms with van der Waals surface area (Å²) in [6.07, 6.45) is 1.95. The van der Waals surface area contributed by atoms with Crippen LogP contribution in [0, 0.1) is 22.7 Å². The van der Waals surface area contributed by atoms with E-state index in [1.165, 1.54) is 12.3 Å². The van der Waals surface area contributed by atoms with E-state index in [1.54, 1.807) is 13.2 Å². The first-order valence-corrected chi connectivity index (χ1v) is 15.3. The van der Waals surface area contributed by atoms with Gasteiger partial charge in [0.2, 0.25) is 5.79 Å². The Labute approximate surface area is 239 Å². The number of hydrogen-bond donors (Lipinski definition) is 3. The highest BCUT2D eigenvalue weighted by Crippen LogP contribution is 2.78. The van der Waals surface area contributed by atoms with E-state index in [-0.39, 0.29) is 42.2 Å². The molecule has 41 heavy (non-hydrogen) atoms. The molecule has 15 unspecified atom stereocenters. The van der Waals surface area contributed by atoms with Gasteiger partial charge < -0.3 is 43.4 Å². The van der Waals surface area contributed by atoms with Gasteiger partial charge in [-0.25, -0.2) is 4.79 Å². The Morgan fingerprint density at radius 2 is 1.83 bits per heavy atom. The van der Waals surface area contributed by atoms with Gasteiger partial charge in [0.15, 0.2) is 12.4 Å². The molecule has 4 heterocycles. The van der Waals surface area contributed by atoms with Crippen molar-refractivity contribution >= 4 is 0 Å². The Hall–Kier alpha value is -1.37. The SMILES string of the molecule is COC12CC(C)OC(OC3CC4CC5OC56C(C(O)CC5(C)C(c7ccc(=O)oc7)CCC56O)C4(C)CC3O1)C2O. The Bertz CT molecular complexity index is 1280. The van der Waals surface area contributed by atoms with Crippen LogP contribution in [-0.2, 0) is 23.7 Å². The number of ether oxygens (including phenoxy) is 5. The first kappa shape index (κ1) is 27.2. The largest absolute Gasteiger partial charge is 0.431 e. The molecule has 0 amide bonds. The monoisotopic (exact) mass is 574 g/mol. The number of rotatable bonds is 2. The molecule has 1 aromatic heterocycles. The molecule has 10 heteroatoms. The van der Waals surface area contributed by atoms with Crippen LogP contribution in [0.3, 0.4) is 0 Å². The molecule has 3 saturated heterocycles. The lowest BCUT2D eigenvalue weighted by atomic mass is 9.42. The van der Waals surface area contributed by atoms with Gasteiger partial charge in [0, 0.05) is 30.9 Å². The summed E-state index contributed by atoms with van der Waals surface area (Å²) in [5.74, 6) is -1.43. The zero-order valence-electron chi connectivity index (χ0n) is 24.2. The molecule has 0 aromatic carbocycles. The van der Waals surface area contributed by atoms with Gasteiger partial charge in [-0.2, -0.15) is 0 Å². The molecular weight excluding hydrogens is 532 g/mol. The smallest absolute Gasteiger partial charge is 0.335 e. The van der Waals surface area contributed by atoms with Crippen LogP contribution >= 0.6 is 0 Å². The molecule has 1 spiro atoms. The fourth-order valence-electron chi connectivity index (χ4n) is 11.1. The molecule has 7 aliphatic rings. The van der Waals surface area contributed by atoms with Crippen LogP contribution in [0.1, 0.15) is 77.2 Å². The number of hydrogen-bond acceptors (Lipinski definition) is 10. The lowest BCUT2D eigenvalue weighted by molar-refractivity contribution is -0.351. The number of aliphatic hydroxyl groups excluding tert-OH is 2. The quantitative estimate of drug-likeness (QED) is 0.356. The number of fused-ring (bicyclic) bond motifs is 6. The number of epoxide rings is 1. The maximum Gasteiger partial charge on any atom is 0.335 e. The van der Waals surface area contributed by atoms with Crippen molar-refractivity contribution in [3.05, 3.63) is 34.4 Å². The minimum Gasteiger partial charge on any atom is -0.431 e. The fraction of sp³-hybridized carbons (Fsp3) is 0.839. The average molecular weight is 575 g/mol. The maximum atomic E-state index is 12.8. The molecule has 3 N–H and O–H groups in total. The van der Waals surface area contributed by atoms with Crippen molar-refractivity contribution in [2.75, 3.05) is 7.11 Å². The minimum atomic E-state index is -1.23. The molecular formula is C31H42O10. The van der Waals surface area contributed by atoms with Gasteiger partial charge in [-0.3, -0.25) is 0 Å². The van der Waals surface area contributed by atoms with Gasteiger partial charge in [0.05, 0.1) is 36.8 Å². The minimum absolute atomic E-state index is 0.0733. The van der Waals surface area contributed by atoms with E-state index < -0.39 is 51.9 Å². The summed E-state index contributed by atoms with van der Waals surface area (Å²) in [5.41, 5.74) is -2.60. The van der Waals surface area contributed by atoms with Crippen molar-refractivity contribution < 1.29 is 43.4 Å². The van der Waals surface area contributed by atoms with Crippen LogP contribution in [0.2, 0.25) is 0 Å².